The molecule has 1 aromatic carbocycles. The molecule has 1 aliphatic heterocycles. The monoisotopic (exact) mass is 289 g/mol. The van der Waals surface area contributed by atoms with Gasteiger partial charge in [0.25, 0.3) is 0 Å². The van der Waals surface area contributed by atoms with Gasteiger partial charge in [-0.25, -0.2) is 0 Å². The zero-order valence-corrected chi connectivity index (χ0v) is 13.6. The van der Waals surface area contributed by atoms with Crippen LogP contribution in [0.15, 0.2) is 30.3 Å². The molecule has 0 aliphatic carbocycles. The van der Waals surface area contributed by atoms with Crippen molar-refractivity contribution in [1.82, 2.24) is 10.2 Å². The summed E-state index contributed by atoms with van der Waals surface area (Å²) in [7, 11) is 0. The maximum atomic E-state index is 3.48. The highest BCUT2D eigenvalue weighted by Gasteiger charge is 2.16. The van der Waals surface area contributed by atoms with E-state index in [0.717, 1.165) is 0 Å². The molecular formula is C18H31N3. The minimum Gasteiger partial charge on any atom is -0.369 e. The van der Waals surface area contributed by atoms with Crippen LogP contribution < -0.4 is 10.2 Å². The Labute approximate surface area is 130 Å². The molecule has 0 radical (unpaired) electrons. The Hall–Kier alpha value is -1.06. The molecule has 1 fully saturated rings. The lowest BCUT2D eigenvalue weighted by Crippen LogP contribution is -2.46. The van der Waals surface area contributed by atoms with Crippen molar-refractivity contribution in [2.24, 2.45) is 0 Å². The van der Waals surface area contributed by atoms with E-state index in [0.29, 0.717) is 0 Å². The van der Waals surface area contributed by atoms with E-state index in [2.05, 4.69) is 52.4 Å². The minimum absolute atomic E-state index is 1.17. The van der Waals surface area contributed by atoms with Gasteiger partial charge in [0.05, 0.1) is 0 Å². The first-order valence-corrected chi connectivity index (χ1v) is 8.63. The lowest BCUT2D eigenvalue weighted by molar-refractivity contribution is 0.252. The van der Waals surface area contributed by atoms with E-state index >= 15 is 0 Å². The van der Waals surface area contributed by atoms with Crippen molar-refractivity contribution < 1.29 is 0 Å². The molecule has 0 unspecified atom stereocenters. The molecule has 3 heteroatoms. The second-order valence-electron chi connectivity index (χ2n) is 5.97. The number of benzene rings is 1. The first-order chi connectivity index (χ1) is 10.4. The summed E-state index contributed by atoms with van der Waals surface area (Å²) in [5.41, 5.74) is 1.37. The molecule has 0 atom stereocenters. The SMILES string of the molecule is CCCNCCCCCN1CCN(c2ccccc2)CC1. The number of anilines is 1. The predicted octanol–water partition coefficient (Wildman–Crippen LogP) is 2.98. The number of unbranched alkanes of at least 4 members (excludes halogenated alkanes) is 2. The van der Waals surface area contributed by atoms with Crippen LogP contribution in [-0.4, -0.2) is 50.7 Å². The summed E-state index contributed by atoms with van der Waals surface area (Å²) in [5, 5.41) is 3.48. The number of nitrogens with one attached hydrogen (secondary N) is 1. The zero-order valence-electron chi connectivity index (χ0n) is 13.6. The molecular weight excluding hydrogens is 258 g/mol. The molecule has 0 bridgehead atoms. The van der Waals surface area contributed by atoms with Crippen molar-refractivity contribution >= 4 is 5.69 Å². The summed E-state index contributed by atoms with van der Waals surface area (Å²) < 4.78 is 0. The number of nitrogens with zero attached hydrogens (tertiary/aromatic N) is 2. The van der Waals surface area contributed by atoms with Crippen molar-refractivity contribution in [3.05, 3.63) is 30.3 Å². The van der Waals surface area contributed by atoms with Crippen LogP contribution in [-0.2, 0) is 0 Å². The molecule has 1 saturated heterocycles. The molecule has 1 N–H and O–H groups in total. The third kappa shape index (κ3) is 6.06. The van der Waals surface area contributed by atoms with E-state index in [1.807, 2.05) is 0 Å². The first kappa shape index (κ1) is 16.3. The molecule has 118 valence electrons. The van der Waals surface area contributed by atoms with Crippen molar-refractivity contribution in [2.75, 3.05) is 50.7 Å². The van der Waals surface area contributed by atoms with Crippen molar-refractivity contribution in [2.45, 2.75) is 32.6 Å². The fraction of sp³-hybridized carbons (Fsp3) is 0.667. The van der Waals surface area contributed by atoms with Crippen LogP contribution in [0.25, 0.3) is 0 Å². The fourth-order valence-corrected chi connectivity index (χ4v) is 2.93. The number of para-hydroxylation sites is 1. The average molecular weight is 289 g/mol. The number of piperazine rings is 1. The van der Waals surface area contributed by atoms with Gasteiger partial charge in [-0.1, -0.05) is 31.5 Å². The molecule has 1 aliphatic rings. The maximum Gasteiger partial charge on any atom is 0.0367 e. The van der Waals surface area contributed by atoms with Gasteiger partial charge in [-0.05, 0) is 51.0 Å². The minimum atomic E-state index is 1.17. The summed E-state index contributed by atoms with van der Waals surface area (Å²) in [6.07, 6.45) is 5.27. The summed E-state index contributed by atoms with van der Waals surface area (Å²) in [4.78, 5) is 5.13. The predicted molar refractivity (Wildman–Crippen MR) is 92.1 cm³/mol. The summed E-state index contributed by atoms with van der Waals surface area (Å²) in [5.74, 6) is 0. The lowest BCUT2D eigenvalue weighted by Gasteiger charge is -2.36. The quantitative estimate of drug-likeness (QED) is 0.705. The Morgan fingerprint density at radius 3 is 2.38 bits per heavy atom. The van der Waals surface area contributed by atoms with Crippen LogP contribution in [0.1, 0.15) is 32.6 Å². The Morgan fingerprint density at radius 2 is 1.67 bits per heavy atom. The lowest BCUT2D eigenvalue weighted by atomic mass is 10.2. The second-order valence-corrected chi connectivity index (χ2v) is 5.97. The van der Waals surface area contributed by atoms with Crippen LogP contribution in [0.5, 0.6) is 0 Å². The van der Waals surface area contributed by atoms with E-state index < -0.39 is 0 Å². The largest absolute Gasteiger partial charge is 0.369 e. The third-order valence-electron chi connectivity index (χ3n) is 4.25. The standard InChI is InChI=1S/C18H31N3/c1-2-11-19-12-7-4-8-13-20-14-16-21(17-15-20)18-9-5-3-6-10-18/h3,5-6,9-10,19H,2,4,7-8,11-17H2,1H3. The van der Waals surface area contributed by atoms with Crippen LogP contribution >= 0.6 is 0 Å². The van der Waals surface area contributed by atoms with Crippen LogP contribution in [0, 0.1) is 0 Å². The Bertz CT molecular complexity index is 358. The van der Waals surface area contributed by atoms with Crippen LogP contribution in [0.2, 0.25) is 0 Å². The molecule has 2 rings (SSSR count). The fourth-order valence-electron chi connectivity index (χ4n) is 2.93. The van der Waals surface area contributed by atoms with Gasteiger partial charge in [0.2, 0.25) is 0 Å². The molecule has 0 amide bonds. The normalized spacial score (nSPS) is 16.3. The van der Waals surface area contributed by atoms with Gasteiger partial charge in [-0.15, -0.1) is 0 Å². The summed E-state index contributed by atoms with van der Waals surface area (Å²) in [6, 6.07) is 10.8. The van der Waals surface area contributed by atoms with E-state index in [4.69, 9.17) is 0 Å². The highest BCUT2D eigenvalue weighted by atomic mass is 15.3. The number of rotatable bonds is 9. The number of hydrogen-bond acceptors (Lipinski definition) is 3. The van der Waals surface area contributed by atoms with Crippen molar-refractivity contribution in [3.63, 3.8) is 0 Å². The van der Waals surface area contributed by atoms with Gasteiger partial charge in [0.1, 0.15) is 0 Å². The molecule has 3 nitrogen and oxygen atoms in total. The summed E-state index contributed by atoms with van der Waals surface area (Å²) >= 11 is 0. The number of hydrogen-bond donors (Lipinski definition) is 1. The van der Waals surface area contributed by atoms with Gasteiger partial charge in [0.15, 0.2) is 0 Å². The highest BCUT2D eigenvalue weighted by molar-refractivity contribution is 5.46. The third-order valence-corrected chi connectivity index (χ3v) is 4.25. The molecule has 0 aromatic heterocycles. The van der Waals surface area contributed by atoms with Crippen molar-refractivity contribution in [3.8, 4) is 0 Å². The van der Waals surface area contributed by atoms with Gasteiger partial charge >= 0.3 is 0 Å². The Kier molecular flexibility index (Phi) is 7.61. The zero-order chi connectivity index (χ0) is 14.8. The van der Waals surface area contributed by atoms with Gasteiger partial charge in [0, 0.05) is 31.9 Å². The van der Waals surface area contributed by atoms with Gasteiger partial charge in [-0.3, -0.25) is 4.90 Å². The van der Waals surface area contributed by atoms with Crippen LogP contribution in [0.4, 0.5) is 5.69 Å². The van der Waals surface area contributed by atoms with Crippen LogP contribution in [0.3, 0.4) is 0 Å². The van der Waals surface area contributed by atoms with Gasteiger partial charge in [-0.2, -0.15) is 0 Å². The van der Waals surface area contributed by atoms with E-state index in [1.54, 1.807) is 0 Å². The van der Waals surface area contributed by atoms with E-state index in [9.17, 15) is 0 Å². The van der Waals surface area contributed by atoms with Crippen molar-refractivity contribution in [1.29, 1.82) is 0 Å². The topological polar surface area (TPSA) is 18.5 Å². The molecule has 1 aromatic rings. The Morgan fingerprint density at radius 1 is 0.905 bits per heavy atom. The highest BCUT2D eigenvalue weighted by Crippen LogP contribution is 2.15. The van der Waals surface area contributed by atoms with Gasteiger partial charge < -0.3 is 10.2 Å². The first-order valence-electron chi connectivity index (χ1n) is 8.63. The second kappa shape index (κ2) is 9.80. The van der Waals surface area contributed by atoms with E-state index in [1.165, 1.54) is 77.2 Å². The average Bonchev–Trinajstić information content (AvgIpc) is 2.55. The molecule has 0 saturated carbocycles. The maximum absolute atomic E-state index is 3.48. The molecule has 21 heavy (non-hydrogen) atoms. The molecule has 1 heterocycles. The Balaban J connectivity index is 1.53. The summed E-state index contributed by atoms with van der Waals surface area (Å²) in [6.45, 7) is 10.6. The van der Waals surface area contributed by atoms with E-state index in [-0.39, 0.29) is 0 Å². The molecule has 0 spiro atoms. The smallest absolute Gasteiger partial charge is 0.0367 e.